The molecule has 0 radical (unpaired) electrons. The van der Waals surface area contributed by atoms with Gasteiger partial charge in [0.25, 0.3) is 0 Å². The van der Waals surface area contributed by atoms with Crippen molar-refractivity contribution in [3.63, 3.8) is 0 Å². The standard InChI is InChI=1S/C13H28N2OS/c1-6-12(9-17-5)15(4)13(16)11(8-14)7-10(2)3/h10-12H,6-9,14H2,1-5H3. The quantitative estimate of drug-likeness (QED) is 0.728. The van der Waals surface area contributed by atoms with E-state index >= 15 is 0 Å². The molecule has 0 saturated heterocycles. The Balaban J connectivity index is 4.52. The van der Waals surface area contributed by atoms with Gasteiger partial charge < -0.3 is 10.6 Å². The summed E-state index contributed by atoms with van der Waals surface area (Å²) < 4.78 is 0. The van der Waals surface area contributed by atoms with Gasteiger partial charge in [0.15, 0.2) is 0 Å². The van der Waals surface area contributed by atoms with Gasteiger partial charge in [-0.25, -0.2) is 0 Å². The molecular formula is C13H28N2OS. The molecule has 2 atom stereocenters. The Labute approximate surface area is 111 Å². The fourth-order valence-corrected chi connectivity index (χ4v) is 2.87. The highest BCUT2D eigenvalue weighted by Gasteiger charge is 2.25. The van der Waals surface area contributed by atoms with Crippen molar-refractivity contribution < 1.29 is 4.79 Å². The molecular weight excluding hydrogens is 232 g/mol. The van der Waals surface area contributed by atoms with Gasteiger partial charge in [-0.05, 0) is 25.0 Å². The van der Waals surface area contributed by atoms with Gasteiger partial charge >= 0.3 is 0 Å². The zero-order chi connectivity index (χ0) is 13.4. The first-order chi connectivity index (χ1) is 7.97. The van der Waals surface area contributed by atoms with Crippen LogP contribution in [0.5, 0.6) is 0 Å². The van der Waals surface area contributed by atoms with E-state index in [0.29, 0.717) is 18.5 Å². The second-order valence-corrected chi connectivity index (χ2v) is 5.94. The van der Waals surface area contributed by atoms with Crippen LogP contribution in [0.3, 0.4) is 0 Å². The summed E-state index contributed by atoms with van der Waals surface area (Å²) in [7, 11) is 1.91. The Morgan fingerprint density at radius 3 is 2.35 bits per heavy atom. The number of nitrogens with two attached hydrogens (primary N) is 1. The van der Waals surface area contributed by atoms with E-state index < -0.39 is 0 Å². The fraction of sp³-hybridized carbons (Fsp3) is 0.923. The molecule has 0 fully saturated rings. The molecule has 2 unspecified atom stereocenters. The van der Waals surface area contributed by atoms with Gasteiger partial charge in [0.05, 0.1) is 5.92 Å². The number of nitrogens with zero attached hydrogens (tertiary/aromatic N) is 1. The summed E-state index contributed by atoms with van der Waals surface area (Å²) >= 11 is 1.79. The van der Waals surface area contributed by atoms with Crippen molar-refractivity contribution in [2.24, 2.45) is 17.6 Å². The Bertz CT molecular complexity index is 221. The molecule has 0 rings (SSSR count). The maximum absolute atomic E-state index is 12.3. The van der Waals surface area contributed by atoms with Gasteiger partial charge in [-0.3, -0.25) is 4.79 Å². The summed E-state index contributed by atoms with van der Waals surface area (Å²) in [6.45, 7) is 6.85. The van der Waals surface area contributed by atoms with Crippen LogP contribution in [0, 0.1) is 11.8 Å². The van der Waals surface area contributed by atoms with Crippen LogP contribution in [0.4, 0.5) is 0 Å². The summed E-state index contributed by atoms with van der Waals surface area (Å²) in [5.41, 5.74) is 5.72. The summed E-state index contributed by atoms with van der Waals surface area (Å²) in [6.07, 6.45) is 3.97. The molecule has 0 aliphatic heterocycles. The van der Waals surface area contributed by atoms with E-state index in [9.17, 15) is 4.79 Å². The van der Waals surface area contributed by atoms with E-state index in [0.717, 1.165) is 18.6 Å². The number of carbonyl (C=O) groups is 1. The van der Waals surface area contributed by atoms with Crippen molar-refractivity contribution in [1.29, 1.82) is 0 Å². The Morgan fingerprint density at radius 2 is 2.00 bits per heavy atom. The van der Waals surface area contributed by atoms with E-state index in [-0.39, 0.29) is 11.8 Å². The van der Waals surface area contributed by atoms with Gasteiger partial charge in [-0.1, -0.05) is 20.8 Å². The van der Waals surface area contributed by atoms with Crippen molar-refractivity contribution in [2.75, 3.05) is 25.6 Å². The van der Waals surface area contributed by atoms with E-state index in [4.69, 9.17) is 5.73 Å². The van der Waals surface area contributed by atoms with Crippen LogP contribution >= 0.6 is 11.8 Å². The third kappa shape index (κ3) is 5.77. The minimum Gasteiger partial charge on any atom is -0.342 e. The number of thioether (sulfide) groups is 1. The van der Waals surface area contributed by atoms with Crippen LogP contribution in [0.2, 0.25) is 0 Å². The van der Waals surface area contributed by atoms with Crippen LogP contribution in [0.25, 0.3) is 0 Å². The smallest absolute Gasteiger partial charge is 0.226 e. The zero-order valence-corrected chi connectivity index (χ0v) is 12.7. The van der Waals surface area contributed by atoms with Gasteiger partial charge in [0, 0.05) is 25.4 Å². The molecule has 0 aliphatic carbocycles. The van der Waals surface area contributed by atoms with Gasteiger partial charge in [-0.15, -0.1) is 0 Å². The minimum atomic E-state index is -0.0177. The zero-order valence-electron chi connectivity index (χ0n) is 11.9. The first-order valence-corrected chi connectivity index (χ1v) is 7.82. The lowest BCUT2D eigenvalue weighted by Crippen LogP contribution is -2.44. The SMILES string of the molecule is CCC(CSC)N(C)C(=O)C(CN)CC(C)C. The number of carbonyl (C=O) groups excluding carboxylic acids is 1. The van der Waals surface area contributed by atoms with E-state index in [1.807, 2.05) is 11.9 Å². The molecule has 0 saturated carbocycles. The van der Waals surface area contributed by atoms with Crippen LogP contribution in [0.15, 0.2) is 0 Å². The van der Waals surface area contributed by atoms with Crippen molar-refractivity contribution in [1.82, 2.24) is 4.90 Å². The van der Waals surface area contributed by atoms with E-state index in [1.54, 1.807) is 11.8 Å². The van der Waals surface area contributed by atoms with Crippen LogP contribution < -0.4 is 5.73 Å². The fourth-order valence-electron chi connectivity index (χ4n) is 2.03. The number of hydrogen-bond acceptors (Lipinski definition) is 3. The first-order valence-electron chi connectivity index (χ1n) is 6.43. The highest BCUT2D eigenvalue weighted by Crippen LogP contribution is 2.16. The number of hydrogen-bond donors (Lipinski definition) is 1. The molecule has 3 nitrogen and oxygen atoms in total. The third-order valence-corrected chi connectivity index (χ3v) is 3.83. The maximum atomic E-state index is 12.3. The lowest BCUT2D eigenvalue weighted by molar-refractivity contribution is -0.136. The number of amides is 1. The molecule has 2 N–H and O–H groups in total. The molecule has 0 spiro atoms. The van der Waals surface area contributed by atoms with Crippen molar-refractivity contribution >= 4 is 17.7 Å². The van der Waals surface area contributed by atoms with Crippen molar-refractivity contribution in [3.05, 3.63) is 0 Å². The molecule has 0 aromatic carbocycles. The largest absolute Gasteiger partial charge is 0.342 e. The molecule has 0 aromatic heterocycles. The first kappa shape index (κ1) is 16.8. The molecule has 0 bridgehead atoms. The molecule has 4 heteroatoms. The van der Waals surface area contributed by atoms with Crippen molar-refractivity contribution in [2.45, 2.75) is 39.7 Å². The molecule has 0 heterocycles. The highest BCUT2D eigenvalue weighted by molar-refractivity contribution is 7.98. The molecule has 102 valence electrons. The maximum Gasteiger partial charge on any atom is 0.226 e. The van der Waals surface area contributed by atoms with Gasteiger partial charge in [-0.2, -0.15) is 11.8 Å². The predicted octanol–water partition coefficient (Wildman–Crippen LogP) is 2.21. The normalized spacial score (nSPS) is 14.8. The lowest BCUT2D eigenvalue weighted by Gasteiger charge is -2.30. The third-order valence-electron chi connectivity index (χ3n) is 3.12. The highest BCUT2D eigenvalue weighted by atomic mass is 32.2. The van der Waals surface area contributed by atoms with Crippen molar-refractivity contribution in [3.8, 4) is 0 Å². The summed E-state index contributed by atoms with van der Waals surface area (Å²) in [4.78, 5) is 14.2. The second-order valence-electron chi connectivity index (χ2n) is 5.03. The molecule has 0 aliphatic rings. The topological polar surface area (TPSA) is 46.3 Å². The van der Waals surface area contributed by atoms with Crippen LogP contribution in [0.1, 0.15) is 33.6 Å². The van der Waals surface area contributed by atoms with Gasteiger partial charge in [0.1, 0.15) is 0 Å². The van der Waals surface area contributed by atoms with E-state index in [2.05, 4.69) is 27.0 Å². The molecule has 1 amide bonds. The predicted molar refractivity (Wildman–Crippen MR) is 77.2 cm³/mol. The number of rotatable bonds is 8. The van der Waals surface area contributed by atoms with Crippen LogP contribution in [-0.4, -0.2) is 42.4 Å². The molecule has 0 aromatic rings. The monoisotopic (exact) mass is 260 g/mol. The second kappa shape index (κ2) is 8.81. The van der Waals surface area contributed by atoms with Crippen LogP contribution in [-0.2, 0) is 4.79 Å². The summed E-state index contributed by atoms with van der Waals surface area (Å²) in [6, 6.07) is 0.332. The molecule has 17 heavy (non-hydrogen) atoms. The summed E-state index contributed by atoms with van der Waals surface area (Å²) in [5.74, 6) is 1.71. The summed E-state index contributed by atoms with van der Waals surface area (Å²) in [5, 5.41) is 0. The Morgan fingerprint density at radius 1 is 1.41 bits per heavy atom. The average Bonchev–Trinajstić information content (AvgIpc) is 2.30. The Hall–Kier alpha value is -0.220. The lowest BCUT2D eigenvalue weighted by atomic mass is 9.95. The van der Waals surface area contributed by atoms with Gasteiger partial charge in [0.2, 0.25) is 5.91 Å². The average molecular weight is 260 g/mol. The van der Waals surface area contributed by atoms with E-state index in [1.165, 1.54) is 0 Å². The minimum absolute atomic E-state index is 0.0177. The Kier molecular flexibility index (Phi) is 8.70.